The summed E-state index contributed by atoms with van der Waals surface area (Å²) >= 11 is 6.07. The number of nitrogens with two attached hydrogens (primary N) is 1. The standard InChI is InChI=1S/C11H19ClN4/c1-15(2)5-4-6-16(3)11-10(12)7-9(13)8-14-11/h7-8H,4-6,13H2,1-3H3. The molecule has 0 bridgehead atoms. The van der Waals surface area contributed by atoms with Gasteiger partial charge in [0.25, 0.3) is 0 Å². The lowest BCUT2D eigenvalue weighted by molar-refractivity contribution is 0.401. The largest absolute Gasteiger partial charge is 0.397 e. The van der Waals surface area contributed by atoms with Crippen molar-refractivity contribution in [2.45, 2.75) is 6.42 Å². The summed E-state index contributed by atoms with van der Waals surface area (Å²) < 4.78 is 0. The van der Waals surface area contributed by atoms with Crippen LogP contribution >= 0.6 is 11.6 Å². The first-order valence-corrected chi connectivity index (χ1v) is 5.65. The fraction of sp³-hybridized carbons (Fsp3) is 0.545. The van der Waals surface area contributed by atoms with Gasteiger partial charge in [0.2, 0.25) is 0 Å². The minimum atomic E-state index is 0.593. The van der Waals surface area contributed by atoms with Gasteiger partial charge in [-0.1, -0.05) is 11.6 Å². The normalized spacial score (nSPS) is 10.8. The predicted octanol–water partition coefficient (Wildman–Crippen LogP) is 1.71. The third-order valence-corrected chi connectivity index (χ3v) is 2.58. The van der Waals surface area contributed by atoms with Crippen LogP contribution in [0.4, 0.5) is 11.5 Å². The maximum Gasteiger partial charge on any atom is 0.147 e. The predicted molar refractivity (Wildman–Crippen MR) is 70.1 cm³/mol. The number of hydrogen-bond acceptors (Lipinski definition) is 4. The van der Waals surface area contributed by atoms with E-state index in [1.165, 1.54) is 0 Å². The first kappa shape index (κ1) is 13.1. The minimum absolute atomic E-state index is 0.593. The van der Waals surface area contributed by atoms with Gasteiger partial charge in [-0.15, -0.1) is 0 Å². The molecule has 16 heavy (non-hydrogen) atoms. The van der Waals surface area contributed by atoms with Crippen molar-refractivity contribution in [2.75, 3.05) is 44.9 Å². The first-order valence-electron chi connectivity index (χ1n) is 5.27. The number of pyridine rings is 1. The van der Waals surface area contributed by atoms with Gasteiger partial charge in [-0.3, -0.25) is 0 Å². The third kappa shape index (κ3) is 3.87. The van der Waals surface area contributed by atoms with Gasteiger partial charge in [0.1, 0.15) is 5.82 Å². The summed E-state index contributed by atoms with van der Waals surface area (Å²) in [5, 5.41) is 0.604. The number of anilines is 2. The molecule has 1 aromatic heterocycles. The van der Waals surface area contributed by atoms with Crippen LogP contribution in [0.5, 0.6) is 0 Å². The van der Waals surface area contributed by atoms with Gasteiger partial charge >= 0.3 is 0 Å². The topological polar surface area (TPSA) is 45.4 Å². The van der Waals surface area contributed by atoms with Crippen molar-refractivity contribution in [3.63, 3.8) is 0 Å². The van der Waals surface area contributed by atoms with Gasteiger partial charge in [-0.2, -0.15) is 0 Å². The quantitative estimate of drug-likeness (QED) is 0.854. The van der Waals surface area contributed by atoms with E-state index in [0.717, 1.165) is 25.3 Å². The van der Waals surface area contributed by atoms with E-state index in [1.807, 2.05) is 11.9 Å². The second kappa shape index (κ2) is 5.92. The van der Waals surface area contributed by atoms with Crippen LogP contribution in [0.3, 0.4) is 0 Å². The maximum atomic E-state index is 6.07. The molecular formula is C11H19ClN4. The summed E-state index contributed by atoms with van der Waals surface area (Å²) in [6.07, 6.45) is 2.70. The van der Waals surface area contributed by atoms with Crippen LogP contribution in [0.2, 0.25) is 5.02 Å². The van der Waals surface area contributed by atoms with E-state index in [1.54, 1.807) is 12.3 Å². The molecule has 1 heterocycles. The number of nitrogen functional groups attached to an aromatic ring is 1. The molecule has 0 spiro atoms. The van der Waals surface area contributed by atoms with Crippen molar-refractivity contribution < 1.29 is 0 Å². The van der Waals surface area contributed by atoms with Crippen molar-refractivity contribution in [3.05, 3.63) is 17.3 Å². The summed E-state index contributed by atoms with van der Waals surface area (Å²) in [5.41, 5.74) is 6.19. The van der Waals surface area contributed by atoms with Crippen LogP contribution in [-0.2, 0) is 0 Å². The zero-order valence-electron chi connectivity index (χ0n) is 10.1. The Balaban J connectivity index is 2.55. The van der Waals surface area contributed by atoms with Crippen molar-refractivity contribution in [2.24, 2.45) is 0 Å². The van der Waals surface area contributed by atoms with E-state index in [9.17, 15) is 0 Å². The molecule has 5 heteroatoms. The molecule has 1 rings (SSSR count). The molecule has 0 amide bonds. The number of rotatable bonds is 5. The molecular weight excluding hydrogens is 224 g/mol. The molecule has 2 N–H and O–H groups in total. The van der Waals surface area contributed by atoms with Crippen LogP contribution in [0.15, 0.2) is 12.3 Å². The fourth-order valence-electron chi connectivity index (χ4n) is 1.46. The van der Waals surface area contributed by atoms with E-state index in [2.05, 4.69) is 24.0 Å². The van der Waals surface area contributed by atoms with Gasteiger partial charge in [0.05, 0.1) is 16.9 Å². The smallest absolute Gasteiger partial charge is 0.147 e. The van der Waals surface area contributed by atoms with Gasteiger partial charge in [0, 0.05) is 13.6 Å². The monoisotopic (exact) mass is 242 g/mol. The van der Waals surface area contributed by atoms with E-state index in [4.69, 9.17) is 17.3 Å². The fourth-order valence-corrected chi connectivity index (χ4v) is 1.78. The summed E-state index contributed by atoms with van der Waals surface area (Å²) in [7, 11) is 6.11. The second-order valence-corrected chi connectivity index (χ2v) is 4.56. The summed E-state index contributed by atoms with van der Waals surface area (Å²) in [4.78, 5) is 8.44. The van der Waals surface area contributed by atoms with Crippen LogP contribution < -0.4 is 10.6 Å². The molecule has 0 radical (unpaired) electrons. The van der Waals surface area contributed by atoms with Gasteiger partial charge < -0.3 is 15.5 Å². The molecule has 0 aliphatic heterocycles. The molecule has 0 aliphatic carbocycles. The summed E-state index contributed by atoms with van der Waals surface area (Å²) in [6.45, 7) is 1.98. The molecule has 0 saturated carbocycles. The second-order valence-electron chi connectivity index (χ2n) is 4.15. The third-order valence-electron chi connectivity index (χ3n) is 2.30. The Bertz CT molecular complexity index is 341. The van der Waals surface area contributed by atoms with E-state index in [-0.39, 0.29) is 0 Å². The van der Waals surface area contributed by atoms with Gasteiger partial charge in [-0.05, 0) is 33.1 Å². The van der Waals surface area contributed by atoms with E-state index < -0.39 is 0 Å². The maximum absolute atomic E-state index is 6.07. The van der Waals surface area contributed by atoms with E-state index in [0.29, 0.717) is 10.7 Å². The van der Waals surface area contributed by atoms with Crippen molar-refractivity contribution >= 4 is 23.1 Å². The number of aromatic nitrogens is 1. The summed E-state index contributed by atoms with van der Waals surface area (Å²) in [6, 6.07) is 1.73. The highest BCUT2D eigenvalue weighted by atomic mass is 35.5. The number of halogens is 1. The number of nitrogens with zero attached hydrogens (tertiary/aromatic N) is 3. The van der Waals surface area contributed by atoms with Gasteiger partial charge in [0.15, 0.2) is 0 Å². The van der Waals surface area contributed by atoms with Gasteiger partial charge in [-0.25, -0.2) is 4.98 Å². The first-order chi connectivity index (χ1) is 7.50. The Morgan fingerprint density at radius 1 is 1.31 bits per heavy atom. The SMILES string of the molecule is CN(C)CCCN(C)c1ncc(N)cc1Cl. The Labute approximate surface area is 102 Å². The van der Waals surface area contributed by atoms with Crippen LogP contribution in [-0.4, -0.2) is 44.1 Å². The Kier molecular flexibility index (Phi) is 4.83. The molecule has 0 saturated heterocycles. The Morgan fingerprint density at radius 3 is 2.56 bits per heavy atom. The molecule has 0 fully saturated rings. The number of hydrogen-bond donors (Lipinski definition) is 1. The highest BCUT2D eigenvalue weighted by Gasteiger charge is 2.07. The lowest BCUT2D eigenvalue weighted by Crippen LogP contribution is -2.24. The van der Waals surface area contributed by atoms with Crippen LogP contribution in [0.25, 0.3) is 0 Å². The zero-order chi connectivity index (χ0) is 12.1. The zero-order valence-corrected chi connectivity index (χ0v) is 10.8. The minimum Gasteiger partial charge on any atom is -0.397 e. The summed E-state index contributed by atoms with van der Waals surface area (Å²) in [5.74, 6) is 0.787. The average Bonchev–Trinajstić information content (AvgIpc) is 2.16. The molecule has 1 aromatic rings. The van der Waals surface area contributed by atoms with E-state index >= 15 is 0 Å². The average molecular weight is 243 g/mol. The Morgan fingerprint density at radius 2 is 2.00 bits per heavy atom. The van der Waals surface area contributed by atoms with Crippen LogP contribution in [0, 0.1) is 0 Å². The molecule has 90 valence electrons. The highest BCUT2D eigenvalue weighted by Crippen LogP contribution is 2.23. The van der Waals surface area contributed by atoms with Crippen molar-refractivity contribution in [3.8, 4) is 0 Å². The molecule has 4 nitrogen and oxygen atoms in total. The molecule has 0 atom stereocenters. The molecule has 0 unspecified atom stereocenters. The van der Waals surface area contributed by atoms with Crippen molar-refractivity contribution in [1.29, 1.82) is 0 Å². The lowest BCUT2D eigenvalue weighted by atomic mass is 10.3. The molecule has 0 aromatic carbocycles. The lowest BCUT2D eigenvalue weighted by Gasteiger charge is -2.20. The van der Waals surface area contributed by atoms with Crippen LogP contribution in [0.1, 0.15) is 6.42 Å². The van der Waals surface area contributed by atoms with Crippen molar-refractivity contribution in [1.82, 2.24) is 9.88 Å². The highest BCUT2D eigenvalue weighted by molar-refractivity contribution is 6.33. The molecule has 0 aliphatic rings. The Hall–Kier alpha value is -1.00.